The van der Waals surface area contributed by atoms with Gasteiger partial charge in [0.2, 0.25) is 0 Å². The number of rotatable bonds is 80. The maximum absolute atomic E-state index is 13.1. The minimum atomic E-state index is -4.96. The van der Waals surface area contributed by atoms with Gasteiger partial charge in [0.05, 0.1) is 26.4 Å². The van der Waals surface area contributed by atoms with Crippen molar-refractivity contribution in [2.24, 2.45) is 17.8 Å². The standard InChI is InChI=1S/C82H160O17P2/c1-8-9-10-11-12-13-14-15-26-32-37-42-51-58-65-82(87)99-78(70-93-80(85)64-57-50-45-44-48-55-62-75(6)7)72-97-101(90,91)95-68-76(83)67-94-100(88,89)96-71-77(98-81(86)66-59-52-43-38-33-28-23-19-17-21-25-30-35-40-47-54-61-74(4)5)69-92-79(84)63-56-49-41-36-31-27-22-18-16-20-24-29-34-39-46-53-60-73(2)3/h73-78,83H,8-72H2,1-7H3,(H,88,89)(H,90,91)/t76-,77-,78-/m1/s1. The average Bonchev–Trinajstić information content (AvgIpc) is 0.931. The molecule has 600 valence electrons. The summed E-state index contributed by atoms with van der Waals surface area (Å²) in [7, 11) is -9.92. The van der Waals surface area contributed by atoms with Crippen molar-refractivity contribution in [3.63, 3.8) is 0 Å². The van der Waals surface area contributed by atoms with E-state index in [1.54, 1.807) is 0 Å². The van der Waals surface area contributed by atoms with Crippen LogP contribution in [-0.4, -0.2) is 96.7 Å². The van der Waals surface area contributed by atoms with E-state index in [2.05, 4.69) is 48.5 Å². The Morgan fingerprint density at radius 1 is 0.267 bits per heavy atom. The molecular formula is C82H160O17P2. The number of aliphatic hydroxyl groups excluding tert-OH is 1. The normalized spacial score (nSPS) is 14.0. The van der Waals surface area contributed by atoms with Crippen LogP contribution in [0, 0.1) is 17.8 Å². The zero-order chi connectivity index (χ0) is 74.4. The summed E-state index contributed by atoms with van der Waals surface area (Å²) in [5.41, 5.74) is 0. The van der Waals surface area contributed by atoms with Crippen molar-refractivity contribution in [3.8, 4) is 0 Å². The van der Waals surface area contributed by atoms with Gasteiger partial charge in [-0.05, 0) is 43.4 Å². The van der Waals surface area contributed by atoms with Crippen LogP contribution >= 0.6 is 15.6 Å². The van der Waals surface area contributed by atoms with Gasteiger partial charge in [0, 0.05) is 25.7 Å². The molecule has 101 heavy (non-hydrogen) atoms. The largest absolute Gasteiger partial charge is 0.472 e. The number of phosphoric ester groups is 2. The zero-order valence-corrected chi connectivity index (χ0v) is 68.2. The van der Waals surface area contributed by atoms with Crippen molar-refractivity contribution in [2.45, 2.75) is 446 Å². The quantitative estimate of drug-likeness (QED) is 0.0222. The minimum absolute atomic E-state index is 0.107. The Kier molecular flexibility index (Phi) is 70.9. The van der Waals surface area contributed by atoms with E-state index >= 15 is 0 Å². The molecule has 0 amide bonds. The van der Waals surface area contributed by atoms with Gasteiger partial charge in [0.1, 0.15) is 19.3 Å². The number of hydrogen-bond donors (Lipinski definition) is 3. The van der Waals surface area contributed by atoms with Crippen LogP contribution in [0.2, 0.25) is 0 Å². The van der Waals surface area contributed by atoms with Crippen molar-refractivity contribution in [1.29, 1.82) is 0 Å². The average molecular weight is 1480 g/mol. The summed E-state index contributed by atoms with van der Waals surface area (Å²) in [5.74, 6) is 0.191. The van der Waals surface area contributed by atoms with Gasteiger partial charge in [-0.15, -0.1) is 0 Å². The summed E-state index contributed by atoms with van der Waals surface area (Å²) in [4.78, 5) is 73.0. The van der Waals surface area contributed by atoms with Crippen molar-refractivity contribution in [1.82, 2.24) is 0 Å². The van der Waals surface area contributed by atoms with Crippen LogP contribution in [0.3, 0.4) is 0 Å². The van der Waals surface area contributed by atoms with Crippen molar-refractivity contribution >= 4 is 39.5 Å². The lowest BCUT2D eigenvalue weighted by Crippen LogP contribution is -2.30. The van der Waals surface area contributed by atoms with Gasteiger partial charge >= 0.3 is 39.5 Å². The van der Waals surface area contributed by atoms with Crippen molar-refractivity contribution < 1.29 is 80.2 Å². The molecule has 0 radical (unpaired) electrons. The predicted molar refractivity (Wildman–Crippen MR) is 414 cm³/mol. The second kappa shape index (κ2) is 72.3. The molecule has 0 aliphatic heterocycles. The molecule has 0 spiro atoms. The summed E-state index contributed by atoms with van der Waals surface area (Å²) < 4.78 is 68.7. The molecular weight excluding hydrogens is 1320 g/mol. The summed E-state index contributed by atoms with van der Waals surface area (Å²) in [6.07, 6.45) is 61.2. The summed E-state index contributed by atoms with van der Waals surface area (Å²) >= 11 is 0. The van der Waals surface area contributed by atoms with Gasteiger partial charge in [-0.25, -0.2) is 9.13 Å². The van der Waals surface area contributed by atoms with Gasteiger partial charge in [-0.2, -0.15) is 0 Å². The van der Waals surface area contributed by atoms with Crippen LogP contribution in [-0.2, 0) is 65.4 Å². The number of hydrogen-bond acceptors (Lipinski definition) is 15. The number of carbonyl (C=O) groups is 4. The van der Waals surface area contributed by atoms with Gasteiger partial charge in [-0.3, -0.25) is 37.3 Å². The number of phosphoric acid groups is 2. The summed E-state index contributed by atoms with van der Waals surface area (Å²) in [6, 6.07) is 0. The fraction of sp³-hybridized carbons (Fsp3) is 0.951. The third-order valence-electron chi connectivity index (χ3n) is 19.1. The van der Waals surface area contributed by atoms with Gasteiger partial charge in [0.25, 0.3) is 0 Å². The molecule has 0 rings (SSSR count). The molecule has 0 bridgehead atoms. The highest BCUT2D eigenvalue weighted by Crippen LogP contribution is 2.45. The Bertz CT molecular complexity index is 1960. The van der Waals surface area contributed by atoms with Gasteiger partial charge < -0.3 is 33.8 Å². The molecule has 5 atom stereocenters. The molecule has 0 aliphatic rings. The molecule has 0 fully saturated rings. The van der Waals surface area contributed by atoms with Gasteiger partial charge in [0.15, 0.2) is 12.2 Å². The molecule has 19 heteroatoms. The monoisotopic (exact) mass is 1480 g/mol. The van der Waals surface area contributed by atoms with E-state index in [4.69, 9.17) is 37.0 Å². The molecule has 0 saturated carbocycles. The Morgan fingerprint density at radius 3 is 0.673 bits per heavy atom. The first-order valence-corrected chi connectivity index (χ1v) is 45.3. The first-order chi connectivity index (χ1) is 48.7. The van der Waals surface area contributed by atoms with Crippen molar-refractivity contribution in [3.05, 3.63) is 0 Å². The third-order valence-corrected chi connectivity index (χ3v) is 21.0. The van der Waals surface area contributed by atoms with Crippen LogP contribution in [0.5, 0.6) is 0 Å². The maximum atomic E-state index is 13.1. The SMILES string of the molecule is CCCCCCCCCCCCCCCCC(=O)O[C@H](COC(=O)CCCCCCCCC(C)C)COP(=O)(O)OC[C@H](O)COP(=O)(O)OC[C@@H](COC(=O)CCCCCCCCCCCCCCCCCCC(C)C)OC(=O)CCCCCCCCCCCCCCCCCCC(C)C. The minimum Gasteiger partial charge on any atom is -0.462 e. The van der Waals surface area contributed by atoms with Crippen LogP contribution in [0.15, 0.2) is 0 Å². The second-order valence-electron chi connectivity index (χ2n) is 30.9. The molecule has 0 heterocycles. The summed E-state index contributed by atoms with van der Waals surface area (Å²) in [5, 5.41) is 10.6. The highest BCUT2D eigenvalue weighted by Gasteiger charge is 2.30. The lowest BCUT2D eigenvalue weighted by molar-refractivity contribution is -0.161. The molecule has 0 saturated heterocycles. The molecule has 0 aromatic heterocycles. The van der Waals surface area contributed by atoms with Crippen LogP contribution < -0.4 is 0 Å². The van der Waals surface area contributed by atoms with Gasteiger partial charge in [-0.1, -0.05) is 376 Å². The van der Waals surface area contributed by atoms with Crippen LogP contribution in [0.4, 0.5) is 0 Å². The van der Waals surface area contributed by atoms with E-state index < -0.39 is 97.5 Å². The molecule has 2 unspecified atom stereocenters. The molecule has 0 aromatic carbocycles. The highest BCUT2D eigenvalue weighted by atomic mass is 31.2. The summed E-state index contributed by atoms with van der Waals surface area (Å²) in [6.45, 7) is 11.9. The fourth-order valence-electron chi connectivity index (χ4n) is 12.7. The van der Waals surface area contributed by atoms with Crippen molar-refractivity contribution in [2.75, 3.05) is 39.6 Å². The van der Waals surface area contributed by atoms with E-state index in [1.165, 1.54) is 231 Å². The maximum Gasteiger partial charge on any atom is 0.472 e. The molecule has 3 N–H and O–H groups in total. The Hall–Kier alpha value is -1.94. The highest BCUT2D eigenvalue weighted by molar-refractivity contribution is 7.47. The Morgan fingerprint density at radius 2 is 0.455 bits per heavy atom. The number of unbranched alkanes of at least 4 members (excludes halogenated alkanes) is 48. The molecule has 17 nitrogen and oxygen atoms in total. The van der Waals surface area contributed by atoms with E-state index in [0.717, 1.165) is 108 Å². The number of carbonyl (C=O) groups excluding carboxylic acids is 4. The number of esters is 4. The van der Waals surface area contributed by atoms with E-state index in [9.17, 15) is 43.2 Å². The van der Waals surface area contributed by atoms with Crippen LogP contribution in [0.25, 0.3) is 0 Å². The third kappa shape index (κ3) is 76.1. The molecule has 0 aliphatic carbocycles. The first-order valence-electron chi connectivity index (χ1n) is 42.3. The number of aliphatic hydroxyl groups is 1. The van der Waals surface area contributed by atoms with E-state index in [0.29, 0.717) is 31.6 Å². The Balaban J connectivity index is 5.22. The smallest absolute Gasteiger partial charge is 0.462 e. The number of ether oxygens (including phenoxy) is 4. The van der Waals surface area contributed by atoms with E-state index in [-0.39, 0.29) is 25.7 Å². The fourth-order valence-corrected chi connectivity index (χ4v) is 14.2. The predicted octanol–water partition coefficient (Wildman–Crippen LogP) is 24.5. The second-order valence-corrected chi connectivity index (χ2v) is 33.8. The van der Waals surface area contributed by atoms with E-state index in [1.807, 2.05) is 0 Å². The lowest BCUT2D eigenvalue weighted by atomic mass is 10.0. The topological polar surface area (TPSA) is 237 Å². The first kappa shape index (κ1) is 99.1. The Labute approximate surface area is 619 Å². The zero-order valence-electron chi connectivity index (χ0n) is 66.4. The lowest BCUT2D eigenvalue weighted by Gasteiger charge is -2.21. The molecule has 0 aromatic rings. The van der Waals surface area contributed by atoms with Crippen LogP contribution in [0.1, 0.15) is 427 Å².